The highest BCUT2D eigenvalue weighted by molar-refractivity contribution is 6.22. The fourth-order valence-corrected chi connectivity index (χ4v) is 4.97. The van der Waals surface area contributed by atoms with Crippen molar-refractivity contribution in [3.8, 4) is 0 Å². The maximum Gasteiger partial charge on any atom is 0.168 e. The number of rotatable bonds is 7. The standard InChI is InChI=1S/C26H30N2O5/c1-4-32-27-19-14-26(2,3)15-22(31)24(19)20(29)11-10-18-25-21(30)12-17(13-23(25)33-28-18)16-8-6-5-7-9-16/h5-9,17,24H,4,10-15H2,1-3H3. The number of nitrogens with zero attached hydrogens (tertiary/aromatic N) is 2. The van der Waals surface area contributed by atoms with Gasteiger partial charge in [-0.1, -0.05) is 54.5 Å². The number of carbonyl (C=O) groups excluding carboxylic acids is 3. The van der Waals surface area contributed by atoms with Gasteiger partial charge in [-0.2, -0.15) is 0 Å². The van der Waals surface area contributed by atoms with E-state index in [1.807, 2.05) is 51.1 Å². The maximum atomic E-state index is 13.1. The zero-order chi connectivity index (χ0) is 23.6. The Balaban J connectivity index is 1.47. The lowest BCUT2D eigenvalue weighted by Crippen LogP contribution is -2.42. The summed E-state index contributed by atoms with van der Waals surface area (Å²) in [5, 5.41) is 8.22. The van der Waals surface area contributed by atoms with Crippen molar-refractivity contribution in [1.82, 2.24) is 5.16 Å². The van der Waals surface area contributed by atoms with Crippen LogP contribution < -0.4 is 0 Å². The van der Waals surface area contributed by atoms with Gasteiger partial charge in [0.25, 0.3) is 0 Å². The van der Waals surface area contributed by atoms with Crippen molar-refractivity contribution in [2.75, 3.05) is 6.61 Å². The smallest absolute Gasteiger partial charge is 0.168 e. The maximum absolute atomic E-state index is 13.1. The average molecular weight is 451 g/mol. The largest absolute Gasteiger partial charge is 0.396 e. The van der Waals surface area contributed by atoms with Crippen LogP contribution in [0.4, 0.5) is 0 Å². The quantitative estimate of drug-likeness (QED) is 0.455. The Kier molecular flexibility index (Phi) is 6.58. The predicted molar refractivity (Wildman–Crippen MR) is 122 cm³/mol. The summed E-state index contributed by atoms with van der Waals surface area (Å²) >= 11 is 0. The minimum Gasteiger partial charge on any atom is -0.396 e. The molecule has 0 radical (unpaired) electrons. The van der Waals surface area contributed by atoms with Crippen molar-refractivity contribution in [2.24, 2.45) is 16.5 Å². The van der Waals surface area contributed by atoms with Gasteiger partial charge in [0.15, 0.2) is 5.78 Å². The lowest BCUT2D eigenvalue weighted by Gasteiger charge is -2.33. The van der Waals surface area contributed by atoms with Crippen LogP contribution in [-0.4, -0.2) is 34.8 Å². The number of hydrogen-bond acceptors (Lipinski definition) is 7. The van der Waals surface area contributed by atoms with Crippen LogP contribution in [0.25, 0.3) is 0 Å². The zero-order valence-corrected chi connectivity index (χ0v) is 19.4. The van der Waals surface area contributed by atoms with Gasteiger partial charge in [-0.3, -0.25) is 14.4 Å². The first-order chi connectivity index (χ1) is 15.8. The van der Waals surface area contributed by atoms with Gasteiger partial charge in [-0.05, 0) is 30.2 Å². The van der Waals surface area contributed by atoms with Crippen molar-refractivity contribution in [3.05, 3.63) is 52.9 Å². The number of hydrogen-bond donors (Lipinski definition) is 0. The van der Waals surface area contributed by atoms with Gasteiger partial charge in [0.1, 0.15) is 29.9 Å². The lowest BCUT2D eigenvalue weighted by molar-refractivity contribution is -0.132. The SMILES string of the molecule is CCON=C1CC(C)(C)CC(=O)C1C(=O)CCc1noc2c1C(=O)CC(c1ccccc1)C2. The van der Waals surface area contributed by atoms with E-state index in [9.17, 15) is 14.4 Å². The van der Waals surface area contributed by atoms with Crippen LogP contribution in [-0.2, 0) is 27.3 Å². The predicted octanol–water partition coefficient (Wildman–Crippen LogP) is 4.49. The number of aryl methyl sites for hydroxylation is 1. The van der Waals surface area contributed by atoms with Crippen molar-refractivity contribution in [3.63, 3.8) is 0 Å². The number of fused-ring (bicyclic) bond motifs is 1. The average Bonchev–Trinajstić information content (AvgIpc) is 3.19. The van der Waals surface area contributed by atoms with Gasteiger partial charge in [0.2, 0.25) is 0 Å². The van der Waals surface area contributed by atoms with Crippen LogP contribution in [0.5, 0.6) is 0 Å². The second-order valence-corrected chi connectivity index (χ2v) is 9.75. The van der Waals surface area contributed by atoms with Gasteiger partial charge in [-0.15, -0.1) is 0 Å². The summed E-state index contributed by atoms with van der Waals surface area (Å²) < 4.78 is 5.52. The molecule has 2 atom stereocenters. The molecule has 1 aromatic heterocycles. The highest BCUT2D eigenvalue weighted by Gasteiger charge is 2.42. The van der Waals surface area contributed by atoms with Gasteiger partial charge < -0.3 is 9.36 Å². The van der Waals surface area contributed by atoms with Crippen molar-refractivity contribution in [1.29, 1.82) is 0 Å². The first-order valence-corrected chi connectivity index (χ1v) is 11.6. The summed E-state index contributed by atoms with van der Waals surface area (Å²) in [6.07, 6.45) is 2.21. The lowest BCUT2D eigenvalue weighted by atomic mass is 9.69. The van der Waals surface area contributed by atoms with Crippen molar-refractivity contribution in [2.45, 2.75) is 65.2 Å². The monoisotopic (exact) mass is 450 g/mol. The Hall–Kier alpha value is -3.09. The summed E-state index contributed by atoms with van der Waals surface area (Å²) in [5.74, 6) is -0.589. The number of oxime groups is 1. The number of Topliss-reactive ketones (excluding diaryl/α,β-unsaturated/α-hetero) is 3. The first-order valence-electron chi connectivity index (χ1n) is 11.6. The van der Waals surface area contributed by atoms with Crippen molar-refractivity contribution < 1.29 is 23.7 Å². The summed E-state index contributed by atoms with van der Waals surface area (Å²) in [4.78, 5) is 44.0. The molecule has 174 valence electrons. The molecule has 2 unspecified atom stereocenters. The molecule has 7 nitrogen and oxygen atoms in total. The van der Waals surface area contributed by atoms with Crippen LogP contribution >= 0.6 is 0 Å². The molecule has 0 N–H and O–H groups in total. The topological polar surface area (TPSA) is 98.8 Å². The van der Waals surface area contributed by atoms with E-state index >= 15 is 0 Å². The molecule has 4 rings (SSSR count). The summed E-state index contributed by atoms with van der Waals surface area (Å²) in [5.41, 5.74) is 2.35. The minimum atomic E-state index is -0.884. The molecule has 1 aromatic carbocycles. The molecule has 1 saturated carbocycles. The third-order valence-corrected chi connectivity index (χ3v) is 6.46. The molecule has 1 heterocycles. The van der Waals surface area contributed by atoms with E-state index in [1.165, 1.54) is 0 Å². The Bertz CT molecular complexity index is 1080. The fourth-order valence-electron chi connectivity index (χ4n) is 4.97. The highest BCUT2D eigenvalue weighted by atomic mass is 16.6. The highest BCUT2D eigenvalue weighted by Crippen LogP contribution is 2.37. The third kappa shape index (κ3) is 4.97. The molecule has 0 saturated heterocycles. The molecule has 7 heteroatoms. The van der Waals surface area contributed by atoms with E-state index < -0.39 is 5.92 Å². The van der Waals surface area contributed by atoms with Crippen LogP contribution in [0.2, 0.25) is 0 Å². The molecule has 2 aromatic rings. The second kappa shape index (κ2) is 9.41. The first kappa shape index (κ1) is 23.1. The van der Waals surface area contributed by atoms with E-state index in [1.54, 1.807) is 0 Å². The Morgan fingerprint density at radius 3 is 2.67 bits per heavy atom. The molecule has 33 heavy (non-hydrogen) atoms. The van der Waals surface area contributed by atoms with Gasteiger partial charge >= 0.3 is 0 Å². The Morgan fingerprint density at radius 2 is 1.94 bits per heavy atom. The third-order valence-electron chi connectivity index (χ3n) is 6.46. The molecule has 2 aliphatic carbocycles. The summed E-state index contributed by atoms with van der Waals surface area (Å²) in [6.45, 7) is 6.16. The molecular formula is C26H30N2O5. The van der Waals surface area contributed by atoms with Crippen LogP contribution in [0, 0.1) is 11.3 Å². The van der Waals surface area contributed by atoms with Crippen LogP contribution in [0.15, 0.2) is 40.0 Å². The number of aromatic nitrogens is 1. The van der Waals surface area contributed by atoms with Crippen LogP contribution in [0.3, 0.4) is 0 Å². The van der Waals surface area contributed by atoms with E-state index in [0.29, 0.717) is 55.0 Å². The van der Waals surface area contributed by atoms with E-state index in [2.05, 4.69) is 10.3 Å². The summed E-state index contributed by atoms with van der Waals surface area (Å²) in [7, 11) is 0. The molecule has 0 amide bonds. The number of benzene rings is 1. The van der Waals surface area contributed by atoms with Gasteiger partial charge in [0.05, 0.1) is 17.0 Å². The van der Waals surface area contributed by atoms with E-state index in [-0.39, 0.29) is 41.5 Å². The zero-order valence-electron chi connectivity index (χ0n) is 19.4. The molecular weight excluding hydrogens is 420 g/mol. The molecule has 0 spiro atoms. The summed E-state index contributed by atoms with van der Waals surface area (Å²) in [6, 6.07) is 9.91. The van der Waals surface area contributed by atoms with Crippen LogP contribution in [0.1, 0.15) is 79.7 Å². The second-order valence-electron chi connectivity index (χ2n) is 9.75. The Labute approximate surface area is 193 Å². The van der Waals surface area contributed by atoms with E-state index in [4.69, 9.17) is 9.36 Å². The molecule has 2 aliphatic rings. The normalized spacial score (nSPS) is 23.4. The number of ketones is 3. The number of carbonyl (C=O) groups is 3. The Morgan fingerprint density at radius 1 is 1.18 bits per heavy atom. The van der Waals surface area contributed by atoms with E-state index in [0.717, 1.165) is 5.56 Å². The van der Waals surface area contributed by atoms with Gasteiger partial charge in [-0.25, -0.2) is 0 Å². The van der Waals surface area contributed by atoms with Crippen molar-refractivity contribution >= 4 is 23.1 Å². The van der Waals surface area contributed by atoms with Gasteiger partial charge in [0, 0.05) is 32.1 Å². The fraction of sp³-hybridized carbons (Fsp3) is 0.500. The molecule has 1 fully saturated rings. The molecule has 0 bridgehead atoms. The molecule has 0 aliphatic heterocycles. The minimum absolute atomic E-state index is 0.0112.